The minimum absolute atomic E-state index is 0.106. The zero-order valence-corrected chi connectivity index (χ0v) is 18.9. The monoisotopic (exact) mass is 454 g/mol. The van der Waals surface area contributed by atoms with Gasteiger partial charge in [0.15, 0.2) is 5.79 Å². The topological polar surface area (TPSA) is 87.6 Å². The summed E-state index contributed by atoms with van der Waals surface area (Å²) in [7, 11) is 0. The van der Waals surface area contributed by atoms with E-state index in [1.807, 2.05) is 74.5 Å². The molecule has 1 saturated heterocycles. The first-order chi connectivity index (χ1) is 16.0. The lowest BCUT2D eigenvalue weighted by molar-refractivity contribution is -0.227. The van der Waals surface area contributed by atoms with Crippen molar-refractivity contribution in [2.75, 3.05) is 0 Å². The van der Waals surface area contributed by atoms with Gasteiger partial charge in [0.1, 0.15) is 13.2 Å². The van der Waals surface area contributed by atoms with Crippen LogP contribution >= 0.6 is 0 Å². The molecule has 1 aliphatic heterocycles. The summed E-state index contributed by atoms with van der Waals surface area (Å²) < 4.78 is 17.4. The van der Waals surface area contributed by atoms with Gasteiger partial charge in [0, 0.05) is 6.42 Å². The summed E-state index contributed by atoms with van der Waals surface area (Å²) in [5.41, 5.74) is 1.91. The third kappa shape index (κ3) is 6.77. The molecular formula is C25H30N2O6. The Balaban J connectivity index is 1.32. The van der Waals surface area contributed by atoms with Crippen molar-refractivity contribution in [3.63, 3.8) is 0 Å². The number of carbonyl (C=O) groups excluding carboxylic acids is 1. The highest BCUT2D eigenvalue weighted by Gasteiger charge is 2.48. The van der Waals surface area contributed by atoms with Gasteiger partial charge in [-0.15, -0.1) is 0 Å². The lowest BCUT2D eigenvalue weighted by Gasteiger charge is -2.34. The van der Waals surface area contributed by atoms with Crippen molar-refractivity contribution in [3.05, 3.63) is 71.8 Å². The van der Waals surface area contributed by atoms with E-state index in [4.69, 9.17) is 24.0 Å². The predicted octanol–water partition coefficient (Wildman–Crippen LogP) is 4.14. The maximum atomic E-state index is 12.5. The van der Waals surface area contributed by atoms with E-state index in [9.17, 15) is 4.79 Å². The van der Waals surface area contributed by atoms with E-state index in [1.165, 1.54) is 6.40 Å². The lowest BCUT2D eigenvalue weighted by Crippen LogP contribution is -2.51. The van der Waals surface area contributed by atoms with Crippen molar-refractivity contribution in [2.45, 2.75) is 70.0 Å². The molecule has 0 radical (unpaired) electrons. The van der Waals surface area contributed by atoms with Gasteiger partial charge >= 0.3 is 6.09 Å². The first kappa shape index (κ1) is 23.2. The van der Waals surface area contributed by atoms with Gasteiger partial charge in [-0.3, -0.25) is 0 Å². The fraction of sp³-hybridized carbons (Fsp3) is 0.440. The van der Waals surface area contributed by atoms with Crippen LogP contribution in [0.5, 0.6) is 0 Å². The number of rotatable bonds is 8. The average Bonchev–Trinajstić information content (AvgIpc) is 3.11. The van der Waals surface area contributed by atoms with Crippen molar-refractivity contribution in [2.24, 2.45) is 4.99 Å². The number of aliphatic imine (C=N–C) groups is 1. The maximum Gasteiger partial charge on any atom is 0.407 e. The summed E-state index contributed by atoms with van der Waals surface area (Å²) in [4.78, 5) is 27.3. The largest absolute Gasteiger partial charge is 0.445 e. The predicted molar refractivity (Wildman–Crippen MR) is 121 cm³/mol. The molecule has 8 nitrogen and oxygen atoms in total. The Kier molecular flexibility index (Phi) is 7.59. The van der Waals surface area contributed by atoms with Gasteiger partial charge in [0.2, 0.25) is 6.40 Å². The number of benzene rings is 2. The van der Waals surface area contributed by atoms with Crippen LogP contribution < -0.4 is 5.32 Å². The van der Waals surface area contributed by atoms with Crippen LogP contribution in [0.4, 0.5) is 4.79 Å². The Morgan fingerprint density at radius 3 is 2.27 bits per heavy atom. The Hall–Kier alpha value is -2.94. The Bertz CT molecular complexity index is 921. The highest BCUT2D eigenvalue weighted by atomic mass is 17.2. The third-order valence-corrected chi connectivity index (χ3v) is 5.66. The molecule has 1 aliphatic carbocycles. The number of nitrogens with one attached hydrogen (secondary N) is 1. The molecule has 0 spiro atoms. The van der Waals surface area contributed by atoms with Crippen molar-refractivity contribution in [1.82, 2.24) is 5.32 Å². The van der Waals surface area contributed by atoms with Gasteiger partial charge in [-0.05, 0) is 31.4 Å². The van der Waals surface area contributed by atoms with Crippen molar-refractivity contribution in [1.29, 1.82) is 0 Å². The molecule has 2 aromatic rings. The van der Waals surface area contributed by atoms with Gasteiger partial charge in [-0.2, -0.15) is 4.89 Å². The number of fused-ring (bicyclic) bond motifs is 1. The summed E-state index contributed by atoms with van der Waals surface area (Å²) >= 11 is 0. The second kappa shape index (κ2) is 10.8. The molecule has 33 heavy (non-hydrogen) atoms. The average molecular weight is 455 g/mol. The highest BCUT2D eigenvalue weighted by molar-refractivity contribution is 5.67. The van der Waals surface area contributed by atoms with Crippen molar-refractivity contribution >= 4 is 12.5 Å². The molecule has 0 aromatic heterocycles. The Morgan fingerprint density at radius 2 is 1.61 bits per heavy atom. The van der Waals surface area contributed by atoms with Crippen molar-refractivity contribution < 1.29 is 28.8 Å². The van der Waals surface area contributed by atoms with Crippen molar-refractivity contribution in [3.8, 4) is 0 Å². The van der Waals surface area contributed by atoms with E-state index in [0.717, 1.165) is 11.1 Å². The first-order valence-corrected chi connectivity index (χ1v) is 11.2. The van der Waals surface area contributed by atoms with Crippen LogP contribution in [-0.4, -0.2) is 42.6 Å². The van der Waals surface area contributed by atoms with Crippen LogP contribution in [0.25, 0.3) is 0 Å². The summed E-state index contributed by atoms with van der Waals surface area (Å²) in [5, 5.41) is 2.94. The Labute approximate surface area is 193 Å². The molecule has 1 heterocycles. The summed E-state index contributed by atoms with van der Waals surface area (Å²) in [5.74, 6) is -0.665. The van der Waals surface area contributed by atoms with Crippen LogP contribution in [0, 0.1) is 0 Å². The molecule has 2 aliphatic rings. The SMILES string of the molecule is CC1(C)OC2C[C@H](NC(=O)OCc3ccccc3)[C@H](N=COOCc3ccccc3)CC2O1. The standard InChI is InChI=1S/C25H30N2O6/c1-25(2)32-22-13-20(26-17-31-30-16-19-11-7-4-8-12-19)21(14-23(22)33-25)27-24(28)29-15-18-9-5-3-6-10-18/h3-12,17,20-23H,13-16H2,1-2H3,(H,27,28)/t20-,21+,22?,23?/m1/s1. The van der Waals surface area contributed by atoms with E-state index in [1.54, 1.807) is 0 Å². The molecular weight excluding hydrogens is 424 g/mol. The highest BCUT2D eigenvalue weighted by Crippen LogP contribution is 2.37. The molecule has 1 amide bonds. The van der Waals surface area contributed by atoms with E-state index in [2.05, 4.69) is 10.3 Å². The van der Waals surface area contributed by atoms with Gasteiger partial charge in [-0.1, -0.05) is 60.7 Å². The molecule has 2 fully saturated rings. The number of carbonyl (C=O) groups is 1. The summed E-state index contributed by atoms with van der Waals surface area (Å²) in [6.45, 7) is 4.28. The molecule has 0 bridgehead atoms. The molecule has 4 rings (SSSR count). The first-order valence-electron chi connectivity index (χ1n) is 11.2. The summed E-state index contributed by atoms with van der Waals surface area (Å²) in [6, 6.07) is 18.7. The minimum atomic E-state index is -0.665. The number of hydrogen-bond acceptors (Lipinski definition) is 7. The zero-order valence-electron chi connectivity index (χ0n) is 18.9. The second-order valence-corrected chi connectivity index (χ2v) is 8.66. The molecule has 4 atom stereocenters. The normalized spacial score (nSPS) is 26.0. The van der Waals surface area contributed by atoms with Crippen LogP contribution in [-0.2, 0) is 37.2 Å². The number of ether oxygens (including phenoxy) is 3. The fourth-order valence-electron chi connectivity index (χ4n) is 4.16. The lowest BCUT2D eigenvalue weighted by atomic mass is 9.86. The number of alkyl carbamates (subject to hydrolysis) is 1. The van der Waals surface area contributed by atoms with E-state index in [0.29, 0.717) is 19.4 Å². The molecule has 1 saturated carbocycles. The molecule has 176 valence electrons. The molecule has 2 unspecified atom stereocenters. The number of amides is 1. The Morgan fingerprint density at radius 1 is 1.00 bits per heavy atom. The molecule has 8 heteroatoms. The number of nitrogens with zero attached hydrogens (tertiary/aromatic N) is 1. The van der Waals surface area contributed by atoms with Crippen LogP contribution in [0.15, 0.2) is 65.7 Å². The zero-order chi connectivity index (χ0) is 23.1. The smallest absolute Gasteiger partial charge is 0.407 e. The van der Waals surface area contributed by atoms with Gasteiger partial charge in [0.25, 0.3) is 0 Å². The van der Waals surface area contributed by atoms with E-state index >= 15 is 0 Å². The molecule has 1 N–H and O–H groups in total. The van der Waals surface area contributed by atoms with Crippen LogP contribution in [0.2, 0.25) is 0 Å². The number of hydrogen-bond donors (Lipinski definition) is 1. The van der Waals surface area contributed by atoms with Gasteiger partial charge in [0.05, 0.1) is 24.3 Å². The summed E-state index contributed by atoms with van der Waals surface area (Å²) in [6.07, 6.45) is 1.69. The van der Waals surface area contributed by atoms with Crippen LogP contribution in [0.1, 0.15) is 37.8 Å². The van der Waals surface area contributed by atoms with E-state index in [-0.39, 0.29) is 30.9 Å². The second-order valence-electron chi connectivity index (χ2n) is 8.66. The minimum Gasteiger partial charge on any atom is -0.445 e. The maximum absolute atomic E-state index is 12.5. The van der Waals surface area contributed by atoms with Gasteiger partial charge < -0.3 is 24.4 Å². The van der Waals surface area contributed by atoms with Crippen LogP contribution in [0.3, 0.4) is 0 Å². The third-order valence-electron chi connectivity index (χ3n) is 5.66. The van der Waals surface area contributed by atoms with Gasteiger partial charge in [-0.25, -0.2) is 9.79 Å². The molecule has 2 aromatic carbocycles. The van der Waals surface area contributed by atoms with E-state index < -0.39 is 11.9 Å². The quantitative estimate of drug-likeness (QED) is 0.212. The fourth-order valence-corrected chi connectivity index (χ4v) is 4.16.